The molecule has 1 saturated heterocycles. The standard InChI is InChI=1S/C11H18N2O2/c1-9(2)13-6-11(5-12-13)15-8-10-3-4-14-7-10/h5-6,9-10H,3-4,7-8H2,1-2H3. The van der Waals surface area contributed by atoms with Gasteiger partial charge in [0.1, 0.15) is 0 Å². The fraction of sp³-hybridized carbons (Fsp3) is 0.727. The second kappa shape index (κ2) is 4.66. The van der Waals surface area contributed by atoms with Crippen LogP contribution < -0.4 is 4.74 Å². The van der Waals surface area contributed by atoms with E-state index in [1.165, 1.54) is 0 Å². The van der Waals surface area contributed by atoms with E-state index in [1.54, 1.807) is 6.20 Å². The van der Waals surface area contributed by atoms with E-state index < -0.39 is 0 Å². The van der Waals surface area contributed by atoms with Gasteiger partial charge in [0.05, 0.1) is 25.6 Å². The lowest BCUT2D eigenvalue weighted by Crippen LogP contribution is -2.11. The SMILES string of the molecule is CC(C)n1cc(OCC2CCOC2)cn1. The summed E-state index contributed by atoms with van der Waals surface area (Å²) in [6.45, 7) is 6.64. The predicted octanol–water partition coefficient (Wildman–Crippen LogP) is 1.88. The Morgan fingerprint density at radius 2 is 2.53 bits per heavy atom. The highest BCUT2D eigenvalue weighted by Crippen LogP contribution is 2.16. The van der Waals surface area contributed by atoms with Gasteiger partial charge < -0.3 is 9.47 Å². The molecule has 4 heteroatoms. The Bertz CT molecular complexity index is 303. The lowest BCUT2D eigenvalue weighted by molar-refractivity contribution is 0.167. The van der Waals surface area contributed by atoms with E-state index in [9.17, 15) is 0 Å². The van der Waals surface area contributed by atoms with Crippen LogP contribution in [0.15, 0.2) is 12.4 Å². The van der Waals surface area contributed by atoms with Crippen molar-refractivity contribution in [2.24, 2.45) is 5.92 Å². The van der Waals surface area contributed by atoms with Crippen molar-refractivity contribution in [3.8, 4) is 5.75 Å². The monoisotopic (exact) mass is 210 g/mol. The summed E-state index contributed by atoms with van der Waals surface area (Å²) < 4.78 is 12.8. The Kier molecular flexibility index (Phi) is 3.26. The number of hydrogen-bond acceptors (Lipinski definition) is 3. The van der Waals surface area contributed by atoms with Gasteiger partial charge in [-0.1, -0.05) is 0 Å². The second-order valence-electron chi connectivity index (χ2n) is 4.29. The zero-order chi connectivity index (χ0) is 10.7. The molecule has 1 aromatic rings. The molecule has 2 heterocycles. The molecule has 0 aromatic carbocycles. The van der Waals surface area contributed by atoms with Crippen LogP contribution in [0.4, 0.5) is 0 Å². The summed E-state index contributed by atoms with van der Waals surface area (Å²) >= 11 is 0. The first-order chi connectivity index (χ1) is 7.25. The van der Waals surface area contributed by atoms with Gasteiger partial charge in [0.2, 0.25) is 0 Å². The van der Waals surface area contributed by atoms with Crippen molar-refractivity contribution in [2.45, 2.75) is 26.3 Å². The first-order valence-corrected chi connectivity index (χ1v) is 5.50. The van der Waals surface area contributed by atoms with Gasteiger partial charge in [0.25, 0.3) is 0 Å². The normalized spacial score (nSPS) is 21.1. The van der Waals surface area contributed by atoms with Crippen molar-refractivity contribution in [2.75, 3.05) is 19.8 Å². The van der Waals surface area contributed by atoms with E-state index >= 15 is 0 Å². The van der Waals surface area contributed by atoms with Crippen molar-refractivity contribution in [3.63, 3.8) is 0 Å². The molecular formula is C11H18N2O2. The molecule has 0 saturated carbocycles. The van der Waals surface area contributed by atoms with Crippen LogP contribution in [0.1, 0.15) is 26.3 Å². The minimum Gasteiger partial charge on any atom is -0.490 e. The average molecular weight is 210 g/mol. The first kappa shape index (κ1) is 10.5. The Labute approximate surface area is 90.2 Å². The van der Waals surface area contributed by atoms with Crippen molar-refractivity contribution in [1.82, 2.24) is 9.78 Å². The van der Waals surface area contributed by atoms with Crippen LogP contribution in [0.25, 0.3) is 0 Å². The minimum atomic E-state index is 0.386. The molecule has 0 N–H and O–H groups in total. The maximum absolute atomic E-state index is 5.66. The molecule has 4 nitrogen and oxygen atoms in total. The third-order valence-electron chi connectivity index (χ3n) is 2.62. The van der Waals surface area contributed by atoms with Crippen molar-refractivity contribution in [3.05, 3.63) is 12.4 Å². The molecular weight excluding hydrogens is 192 g/mol. The molecule has 0 bridgehead atoms. The zero-order valence-corrected chi connectivity index (χ0v) is 9.35. The van der Waals surface area contributed by atoms with Gasteiger partial charge in [-0.2, -0.15) is 5.10 Å². The van der Waals surface area contributed by atoms with Crippen LogP contribution >= 0.6 is 0 Å². The molecule has 0 amide bonds. The maximum Gasteiger partial charge on any atom is 0.157 e. The summed E-state index contributed by atoms with van der Waals surface area (Å²) in [5.74, 6) is 1.41. The summed E-state index contributed by atoms with van der Waals surface area (Å²) in [4.78, 5) is 0. The quantitative estimate of drug-likeness (QED) is 0.761. The van der Waals surface area contributed by atoms with Gasteiger partial charge in [-0.3, -0.25) is 4.68 Å². The van der Waals surface area contributed by atoms with E-state index in [2.05, 4.69) is 18.9 Å². The number of aromatic nitrogens is 2. The van der Waals surface area contributed by atoms with Crippen molar-refractivity contribution < 1.29 is 9.47 Å². The Hall–Kier alpha value is -1.03. The van der Waals surface area contributed by atoms with E-state index in [4.69, 9.17) is 9.47 Å². The third kappa shape index (κ3) is 2.72. The van der Waals surface area contributed by atoms with Crippen LogP contribution in [0, 0.1) is 5.92 Å². The fourth-order valence-corrected chi connectivity index (χ4v) is 1.61. The molecule has 0 radical (unpaired) electrons. The average Bonchev–Trinajstić information content (AvgIpc) is 2.86. The first-order valence-electron chi connectivity index (χ1n) is 5.50. The molecule has 15 heavy (non-hydrogen) atoms. The molecule has 1 fully saturated rings. The topological polar surface area (TPSA) is 36.3 Å². The van der Waals surface area contributed by atoms with Crippen LogP contribution in [0.5, 0.6) is 5.75 Å². The Morgan fingerprint density at radius 3 is 3.13 bits per heavy atom. The molecule has 0 aliphatic carbocycles. The molecule has 2 rings (SSSR count). The molecule has 84 valence electrons. The van der Waals surface area contributed by atoms with Crippen LogP contribution in [-0.4, -0.2) is 29.6 Å². The van der Waals surface area contributed by atoms with Gasteiger partial charge in [-0.25, -0.2) is 0 Å². The van der Waals surface area contributed by atoms with Crippen molar-refractivity contribution >= 4 is 0 Å². The fourth-order valence-electron chi connectivity index (χ4n) is 1.61. The summed E-state index contributed by atoms with van der Waals surface area (Å²) in [6.07, 6.45) is 4.83. The van der Waals surface area contributed by atoms with E-state index in [-0.39, 0.29) is 0 Å². The van der Waals surface area contributed by atoms with Crippen LogP contribution in [-0.2, 0) is 4.74 Å². The van der Waals surface area contributed by atoms with Crippen molar-refractivity contribution in [1.29, 1.82) is 0 Å². The number of rotatable bonds is 4. The largest absolute Gasteiger partial charge is 0.490 e. The molecule has 1 unspecified atom stereocenters. The minimum absolute atomic E-state index is 0.386. The lowest BCUT2D eigenvalue weighted by Gasteiger charge is -2.08. The van der Waals surface area contributed by atoms with Gasteiger partial charge in [-0.15, -0.1) is 0 Å². The summed E-state index contributed by atoms with van der Waals surface area (Å²) in [6, 6.07) is 0.386. The predicted molar refractivity (Wildman–Crippen MR) is 57.0 cm³/mol. The van der Waals surface area contributed by atoms with Crippen LogP contribution in [0.3, 0.4) is 0 Å². The summed E-state index contributed by atoms with van der Waals surface area (Å²) in [5, 5.41) is 4.22. The smallest absolute Gasteiger partial charge is 0.157 e. The highest BCUT2D eigenvalue weighted by atomic mass is 16.5. The zero-order valence-electron chi connectivity index (χ0n) is 9.35. The van der Waals surface area contributed by atoms with Gasteiger partial charge in [-0.05, 0) is 20.3 Å². The lowest BCUT2D eigenvalue weighted by atomic mass is 10.1. The highest BCUT2D eigenvalue weighted by molar-refractivity contribution is 5.12. The molecule has 1 atom stereocenters. The van der Waals surface area contributed by atoms with Gasteiger partial charge in [0, 0.05) is 18.6 Å². The van der Waals surface area contributed by atoms with Gasteiger partial charge in [0.15, 0.2) is 5.75 Å². The second-order valence-corrected chi connectivity index (χ2v) is 4.29. The Balaban J connectivity index is 1.82. The van der Waals surface area contributed by atoms with E-state index in [1.807, 2.05) is 10.9 Å². The maximum atomic E-state index is 5.66. The number of hydrogen-bond donors (Lipinski definition) is 0. The molecule has 0 spiro atoms. The van der Waals surface area contributed by atoms with Gasteiger partial charge >= 0.3 is 0 Å². The van der Waals surface area contributed by atoms with E-state index in [0.717, 1.165) is 32.0 Å². The highest BCUT2D eigenvalue weighted by Gasteiger charge is 2.16. The molecule has 1 aliphatic heterocycles. The summed E-state index contributed by atoms with van der Waals surface area (Å²) in [7, 11) is 0. The van der Waals surface area contributed by atoms with Crippen LogP contribution in [0.2, 0.25) is 0 Å². The Morgan fingerprint density at radius 1 is 1.67 bits per heavy atom. The third-order valence-corrected chi connectivity index (χ3v) is 2.62. The van der Waals surface area contributed by atoms with E-state index in [0.29, 0.717) is 12.0 Å². The number of ether oxygens (including phenoxy) is 2. The molecule has 1 aliphatic rings. The number of nitrogens with zero attached hydrogens (tertiary/aromatic N) is 2. The molecule has 1 aromatic heterocycles. The summed E-state index contributed by atoms with van der Waals surface area (Å²) in [5.41, 5.74) is 0.